The lowest BCUT2D eigenvalue weighted by Gasteiger charge is -2.29. The molecule has 0 saturated carbocycles. The van der Waals surface area contributed by atoms with Gasteiger partial charge in [-0.25, -0.2) is 0 Å². The van der Waals surface area contributed by atoms with E-state index < -0.39 is 19.6 Å². The van der Waals surface area contributed by atoms with Crippen LogP contribution < -0.4 is 16.0 Å². The number of nitrogen functional groups attached to an aromatic ring is 1. The van der Waals surface area contributed by atoms with Crippen LogP contribution in [0, 0.1) is 0 Å². The quantitative estimate of drug-likeness (QED) is 0.398. The number of nitrogens with zero attached hydrogens (tertiary/aromatic N) is 4. The van der Waals surface area contributed by atoms with Crippen LogP contribution >= 0.6 is 0 Å². The highest BCUT2D eigenvalue weighted by atomic mass is 16.9. The number of nitrogens with one attached hydrogen (secondary N) is 1. The Morgan fingerprint density at radius 1 is 1.10 bits per heavy atom. The molecule has 0 atom stereocenters. The number of rotatable bonds is 8. The highest BCUT2D eigenvalue weighted by Crippen LogP contribution is 2.17. The number of hydrogen-bond acceptors (Lipinski definition) is 11. The molecule has 20 heavy (non-hydrogen) atoms. The second-order valence-electron chi connectivity index (χ2n) is 3.43. The van der Waals surface area contributed by atoms with Crippen molar-refractivity contribution in [3.05, 3.63) is 0 Å². The van der Waals surface area contributed by atoms with Crippen LogP contribution in [0.3, 0.4) is 0 Å². The number of nitrogens with two attached hydrogens (primary N) is 1. The summed E-state index contributed by atoms with van der Waals surface area (Å²) in [5, 5.41) is 20.8. The van der Waals surface area contributed by atoms with E-state index in [0.717, 1.165) is 4.90 Å². The van der Waals surface area contributed by atoms with Crippen LogP contribution in [0.1, 0.15) is 0 Å². The van der Waals surface area contributed by atoms with Crippen molar-refractivity contribution in [1.82, 2.24) is 15.0 Å². The molecule has 114 valence electrons. The average molecular weight is 290 g/mol. The second kappa shape index (κ2) is 7.12. The van der Waals surface area contributed by atoms with Crippen molar-refractivity contribution >= 4 is 17.8 Å². The lowest BCUT2D eigenvalue weighted by atomic mass is 10.7. The van der Waals surface area contributed by atoms with Crippen molar-refractivity contribution < 1.29 is 24.4 Å². The summed E-state index contributed by atoms with van der Waals surface area (Å²) >= 11 is 0. The molecule has 1 heterocycles. The molecular weight excluding hydrogens is 272 g/mol. The SMILES string of the molecule is COC(Nc1nc(N)nc(N(CO)CO)n1)(OC)OC. The number of aromatic nitrogens is 3. The van der Waals surface area contributed by atoms with Gasteiger partial charge in [0.2, 0.25) is 17.8 Å². The van der Waals surface area contributed by atoms with Crippen molar-refractivity contribution in [1.29, 1.82) is 0 Å². The van der Waals surface area contributed by atoms with Crippen LogP contribution in [0.4, 0.5) is 17.8 Å². The Bertz CT molecular complexity index is 417. The van der Waals surface area contributed by atoms with Gasteiger partial charge < -0.3 is 30.2 Å². The van der Waals surface area contributed by atoms with E-state index in [1.54, 1.807) is 0 Å². The van der Waals surface area contributed by atoms with Gasteiger partial charge in [-0.1, -0.05) is 0 Å². The molecule has 0 saturated heterocycles. The maximum atomic E-state index is 9.06. The highest BCUT2D eigenvalue weighted by Gasteiger charge is 2.31. The molecule has 1 aromatic rings. The molecular formula is C9H18N6O5. The Balaban J connectivity index is 3.07. The first-order valence-electron chi connectivity index (χ1n) is 5.46. The average Bonchev–Trinajstić information content (AvgIpc) is 2.46. The van der Waals surface area contributed by atoms with E-state index in [9.17, 15) is 0 Å². The van der Waals surface area contributed by atoms with Gasteiger partial charge in [-0.15, -0.1) is 0 Å². The summed E-state index contributed by atoms with van der Waals surface area (Å²) in [6, 6.07) is 0. The lowest BCUT2D eigenvalue weighted by Crippen LogP contribution is -2.45. The van der Waals surface area contributed by atoms with Crippen LogP contribution in [0.15, 0.2) is 0 Å². The predicted molar refractivity (Wildman–Crippen MR) is 68.3 cm³/mol. The minimum atomic E-state index is -1.60. The van der Waals surface area contributed by atoms with E-state index in [2.05, 4.69) is 20.3 Å². The van der Waals surface area contributed by atoms with Gasteiger partial charge in [0.1, 0.15) is 13.5 Å². The molecule has 0 radical (unpaired) electrons. The third-order valence-electron chi connectivity index (χ3n) is 2.34. The number of methoxy groups -OCH3 is 3. The van der Waals surface area contributed by atoms with E-state index in [1.807, 2.05) is 0 Å². The van der Waals surface area contributed by atoms with E-state index in [1.165, 1.54) is 21.3 Å². The van der Waals surface area contributed by atoms with Gasteiger partial charge >= 0.3 is 6.10 Å². The Hall–Kier alpha value is -1.79. The normalized spacial score (nSPS) is 11.4. The molecule has 0 aliphatic rings. The summed E-state index contributed by atoms with van der Waals surface area (Å²) in [4.78, 5) is 12.6. The van der Waals surface area contributed by atoms with E-state index in [-0.39, 0.29) is 17.8 Å². The molecule has 1 aromatic heterocycles. The number of hydrogen-bond donors (Lipinski definition) is 4. The van der Waals surface area contributed by atoms with Gasteiger partial charge in [-0.3, -0.25) is 10.2 Å². The first-order chi connectivity index (χ1) is 9.53. The summed E-state index contributed by atoms with van der Waals surface area (Å²) in [5.74, 6) is -0.172. The molecule has 0 unspecified atom stereocenters. The van der Waals surface area contributed by atoms with Gasteiger partial charge in [-0.2, -0.15) is 15.0 Å². The molecule has 0 aliphatic heterocycles. The Kier molecular flexibility index (Phi) is 5.79. The minimum absolute atomic E-state index is 0.0232. The fourth-order valence-corrected chi connectivity index (χ4v) is 1.29. The molecule has 1 rings (SSSR count). The molecule has 0 fully saturated rings. The van der Waals surface area contributed by atoms with E-state index in [4.69, 9.17) is 30.2 Å². The summed E-state index contributed by atoms with van der Waals surface area (Å²) in [6.45, 7) is -0.993. The topological polar surface area (TPSA) is 148 Å². The minimum Gasteiger partial charge on any atom is -0.376 e. The van der Waals surface area contributed by atoms with Gasteiger partial charge in [0.05, 0.1) is 0 Å². The molecule has 11 heteroatoms. The number of aliphatic hydroxyl groups is 2. The highest BCUT2D eigenvalue weighted by molar-refractivity contribution is 5.41. The number of aliphatic hydroxyl groups excluding tert-OH is 2. The van der Waals surface area contributed by atoms with Crippen molar-refractivity contribution in [2.75, 3.05) is 50.7 Å². The maximum Gasteiger partial charge on any atom is 0.376 e. The smallest absolute Gasteiger partial charge is 0.376 e. The third-order valence-corrected chi connectivity index (χ3v) is 2.34. The molecule has 0 amide bonds. The Morgan fingerprint density at radius 2 is 1.65 bits per heavy atom. The van der Waals surface area contributed by atoms with Crippen LogP contribution in [0.25, 0.3) is 0 Å². The summed E-state index contributed by atoms with van der Waals surface area (Å²) in [7, 11) is 4.04. The molecule has 0 bridgehead atoms. The summed E-state index contributed by atoms with van der Waals surface area (Å²) in [6.07, 6.45) is -1.60. The molecule has 5 N–H and O–H groups in total. The van der Waals surface area contributed by atoms with Crippen molar-refractivity contribution in [3.63, 3.8) is 0 Å². The van der Waals surface area contributed by atoms with E-state index in [0.29, 0.717) is 0 Å². The van der Waals surface area contributed by atoms with E-state index >= 15 is 0 Å². The maximum absolute atomic E-state index is 9.06. The van der Waals surface area contributed by atoms with Crippen molar-refractivity contribution in [3.8, 4) is 0 Å². The largest absolute Gasteiger partial charge is 0.376 e. The fourth-order valence-electron chi connectivity index (χ4n) is 1.29. The van der Waals surface area contributed by atoms with Crippen LogP contribution in [0.5, 0.6) is 0 Å². The van der Waals surface area contributed by atoms with Crippen LogP contribution in [0.2, 0.25) is 0 Å². The molecule has 0 aromatic carbocycles. The zero-order chi connectivity index (χ0) is 15.2. The number of ether oxygens (including phenoxy) is 3. The van der Waals surface area contributed by atoms with Crippen molar-refractivity contribution in [2.24, 2.45) is 0 Å². The third kappa shape index (κ3) is 3.61. The Morgan fingerprint density at radius 3 is 2.10 bits per heavy atom. The first kappa shape index (κ1) is 16.3. The molecule has 0 spiro atoms. The zero-order valence-corrected chi connectivity index (χ0v) is 11.4. The fraction of sp³-hybridized carbons (Fsp3) is 0.667. The zero-order valence-electron chi connectivity index (χ0n) is 11.4. The molecule has 0 aliphatic carbocycles. The predicted octanol–water partition coefficient (Wildman–Crippen LogP) is -1.88. The summed E-state index contributed by atoms with van der Waals surface area (Å²) in [5.41, 5.74) is 5.54. The van der Waals surface area contributed by atoms with Gasteiger partial charge in [0.25, 0.3) is 0 Å². The standard InChI is InChI=1S/C9H18N6O5/c1-18-9(19-2,20-3)14-7-11-6(10)12-8(13-7)15(4-16)5-17/h16-17H,4-5H2,1-3H3,(H3,10,11,12,13,14). The Labute approximate surface area is 115 Å². The van der Waals surface area contributed by atoms with Gasteiger partial charge in [-0.05, 0) is 0 Å². The number of anilines is 3. The monoisotopic (exact) mass is 290 g/mol. The second-order valence-corrected chi connectivity index (χ2v) is 3.43. The summed E-state index contributed by atoms with van der Waals surface area (Å²) < 4.78 is 15.1. The van der Waals surface area contributed by atoms with Crippen LogP contribution in [-0.2, 0) is 14.2 Å². The first-order valence-corrected chi connectivity index (χ1v) is 5.46. The van der Waals surface area contributed by atoms with Gasteiger partial charge in [0.15, 0.2) is 0 Å². The van der Waals surface area contributed by atoms with Crippen molar-refractivity contribution in [2.45, 2.75) is 6.10 Å². The molecule has 11 nitrogen and oxygen atoms in total. The van der Waals surface area contributed by atoms with Gasteiger partial charge in [0, 0.05) is 21.3 Å². The lowest BCUT2D eigenvalue weighted by molar-refractivity contribution is -0.333. The van der Waals surface area contributed by atoms with Crippen LogP contribution in [-0.4, -0.2) is 66.1 Å².